The van der Waals surface area contributed by atoms with Crippen LogP contribution in [-0.4, -0.2) is 24.0 Å². The molecule has 1 atom stereocenters. The molecule has 2 fully saturated rings. The van der Waals surface area contributed by atoms with E-state index in [1.54, 1.807) is 5.57 Å². The van der Waals surface area contributed by atoms with E-state index in [9.17, 15) is 0 Å². The first-order chi connectivity index (χ1) is 8.83. The van der Waals surface area contributed by atoms with E-state index in [4.69, 9.17) is 0 Å². The molecule has 0 radical (unpaired) electrons. The fourth-order valence-corrected chi connectivity index (χ4v) is 3.30. The van der Waals surface area contributed by atoms with Crippen LogP contribution < -0.4 is 0 Å². The van der Waals surface area contributed by atoms with Gasteiger partial charge < -0.3 is 4.90 Å². The molecule has 0 spiro atoms. The first-order valence-electron chi connectivity index (χ1n) is 7.62. The molecule has 0 aromatic carbocycles. The molecule has 18 heavy (non-hydrogen) atoms. The van der Waals surface area contributed by atoms with Gasteiger partial charge in [0.15, 0.2) is 0 Å². The third kappa shape index (κ3) is 2.95. The Morgan fingerprint density at radius 1 is 1.00 bits per heavy atom. The fraction of sp³-hybridized carbons (Fsp3) is 0.647. The Labute approximate surface area is 111 Å². The zero-order valence-electron chi connectivity index (χ0n) is 11.6. The highest BCUT2D eigenvalue weighted by atomic mass is 15.2. The maximum absolute atomic E-state index is 2.74. The van der Waals surface area contributed by atoms with Crippen LogP contribution in [0.2, 0.25) is 0 Å². The van der Waals surface area contributed by atoms with Crippen LogP contribution in [0, 0.1) is 5.92 Å². The maximum atomic E-state index is 2.74. The summed E-state index contributed by atoms with van der Waals surface area (Å²) in [5.74, 6) is 0.810. The zero-order valence-corrected chi connectivity index (χ0v) is 11.6. The minimum absolute atomic E-state index is 0.810. The van der Waals surface area contributed by atoms with Crippen LogP contribution in [0.3, 0.4) is 0 Å². The second kappa shape index (κ2) is 5.44. The Morgan fingerprint density at radius 2 is 1.89 bits per heavy atom. The van der Waals surface area contributed by atoms with Crippen LogP contribution >= 0.6 is 0 Å². The molecule has 1 heteroatoms. The van der Waals surface area contributed by atoms with E-state index in [2.05, 4.69) is 36.1 Å². The van der Waals surface area contributed by atoms with Gasteiger partial charge in [0.2, 0.25) is 0 Å². The molecular formula is C17H25N. The quantitative estimate of drug-likeness (QED) is 0.706. The third-order valence-electron chi connectivity index (χ3n) is 4.63. The molecule has 1 heterocycles. The summed E-state index contributed by atoms with van der Waals surface area (Å²) in [6, 6.07) is 0.950. The minimum atomic E-state index is 0.810. The van der Waals surface area contributed by atoms with Crippen LogP contribution in [0.4, 0.5) is 0 Å². The van der Waals surface area contributed by atoms with E-state index in [0.717, 1.165) is 18.4 Å². The van der Waals surface area contributed by atoms with Gasteiger partial charge in [0, 0.05) is 6.04 Å². The van der Waals surface area contributed by atoms with Gasteiger partial charge in [-0.3, -0.25) is 0 Å². The Bertz CT molecular complexity index is 384. The molecule has 0 aromatic rings. The highest BCUT2D eigenvalue weighted by molar-refractivity contribution is 5.32. The lowest BCUT2D eigenvalue weighted by Gasteiger charge is -2.19. The number of hydrogen-bond donors (Lipinski definition) is 0. The zero-order chi connectivity index (χ0) is 12.4. The van der Waals surface area contributed by atoms with Gasteiger partial charge in [-0.2, -0.15) is 0 Å². The molecule has 0 aromatic heterocycles. The smallest absolute Gasteiger partial charge is 0.00964 e. The molecule has 1 saturated heterocycles. The SMILES string of the molecule is CC1=CCC=C(C2CCCN(C3CC3)CC2)C=C1. The average Bonchev–Trinajstić information content (AvgIpc) is 3.18. The highest BCUT2D eigenvalue weighted by Gasteiger charge is 2.30. The third-order valence-corrected chi connectivity index (χ3v) is 4.63. The van der Waals surface area contributed by atoms with Crippen LogP contribution in [-0.2, 0) is 0 Å². The summed E-state index contributed by atoms with van der Waals surface area (Å²) in [6.07, 6.45) is 17.6. The van der Waals surface area contributed by atoms with Gasteiger partial charge in [-0.15, -0.1) is 0 Å². The second-order valence-corrected chi connectivity index (χ2v) is 6.12. The van der Waals surface area contributed by atoms with E-state index in [1.165, 1.54) is 50.8 Å². The lowest BCUT2D eigenvalue weighted by atomic mass is 9.91. The average molecular weight is 243 g/mol. The molecule has 0 N–H and O–H groups in total. The molecule has 3 aliphatic rings. The number of likely N-dealkylation sites (tertiary alicyclic amines) is 1. The van der Waals surface area contributed by atoms with Gasteiger partial charge >= 0.3 is 0 Å². The van der Waals surface area contributed by atoms with E-state index >= 15 is 0 Å². The molecule has 2 aliphatic carbocycles. The predicted octanol–water partition coefficient (Wildman–Crippen LogP) is 4.08. The van der Waals surface area contributed by atoms with Crippen molar-refractivity contribution < 1.29 is 0 Å². The number of rotatable bonds is 2. The van der Waals surface area contributed by atoms with E-state index in [1.807, 2.05) is 0 Å². The predicted molar refractivity (Wildman–Crippen MR) is 77.5 cm³/mol. The van der Waals surface area contributed by atoms with Gasteiger partial charge in [0.1, 0.15) is 0 Å². The largest absolute Gasteiger partial charge is 0.300 e. The van der Waals surface area contributed by atoms with Crippen molar-refractivity contribution in [1.82, 2.24) is 4.90 Å². The topological polar surface area (TPSA) is 3.24 Å². The monoisotopic (exact) mass is 243 g/mol. The molecule has 98 valence electrons. The molecule has 1 nitrogen and oxygen atoms in total. The van der Waals surface area contributed by atoms with Crippen LogP contribution in [0.15, 0.2) is 35.5 Å². The number of allylic oxidation sites excluding steroid dienone is 6. The highest BCUT2D eigenvalue weighted by Crippen LogP contribution is 2.33. The van der Waals surface area contributed by atoms with E-state index in [-0.39, 0.29) is 0 Å². The van der Waals surface area contributed by atoms with Crippen LogP contribution in [0.25, 0.3) is 0 Å². The fourth-order valence-electron chi connectivity index (χ4n) is 3.30. The molecule has 1 unspecified atom stereocenters. The summed E-state index contributed by atoms with van der Waals surface area (Å²) in [5.41, 5.74) is 3.01. The lowest BCUT2D eigenvalue weighted by molar-refractivity contribution is 0.272. The summed E-state index contributed by atoms with van der Waals surface area (Å²) in [5, 5.41) is 0. The van der Waals surface area contributed by atoms with Crippen molar-refractivity contribution in [1.29, 1.82) is 0 Å². The molecule has 0 amide bonds. The number of nitrogens with zero attached hydrogens (tertiary/aromatic N) is 1. The maximum Gasteiger partial charge on any atom is 0.00964 e. The molecule has 0 bridgehead atoms. The molecule has 1 aliphatic heterocycles. The van der Waals surface area contributed by atoms with Gasteiger partial charge in [0.05, 0.1) is 0 Å². The van der Waals surface area contributed by atoms with Crippen LogP contribution in [0.1, 0.15) is 45.4 Å². The Hall–Kier alpha value is -0.820. The Balaban J connectivity index is 1.62. The summed E-state index contributed by atoms with van der Waals surface area (Å²) >= 11 is 0. The van der Waals surface area contributed by atoms with Crippen molar-refractivity contribution >= 4 is 0 Å². The summed E-state index contributed by atoms with van der Waals surface area (Å²) < 4.78 is 0. The molecular weight excluding hydrogens is 218 g/mol. The van der Waals surface area contributed by atoms with Gasteiger partial charge in [0.25, 0.3) is 0 Å². The Morgan fingerprint density at radius 3 is 2.72 bits per heavy atom. The molecule has 1 saturated carbocycles. The van der Waals surface area contributed by atoms with Crippen molar-refractivity contribution in [2.24, 2.45) is 5.92 Å². The first-order valence-corrected chi connectivity index (χ1v) is 7.62. The first kappa shape index (κ1) is 12.2. The standard InChI is InChI=1S/C17H25N/c1-14-4-2-5-15(8-7-14)16-6-3-12-18(13-11-16)17-9-10-17/h4-5,7-8,16-17H,2-3,6,9-13H2,1H3. The molecule has 3 rings (SSSR count). The van der Waals surface area contributed by atoms with Crippen LogP contribution in [0.5, 0.6) is 0 Å². The summed E-state index contributed by atoms with van der Waals surface area (Å²) in [7, 11) is 0. The van der Waals surface area contributed by atoms with Gasteiger partial charge in [-0.05, 0) is 70.0 Å². The van der Waals surface area contributed by atoms with E-state index < -0.39 is 0 Å². The van der Waals surface area contributed by atoms with Crippen molar-refractivity contribution in [2.45, 2.75) is 51.5 Å². The Kier molecular flexibility index (Phi) is 3.69. The van der Waals surface area contributed by atoms with Gasteiger partial charge in [-0.25, -0.2) is 0 Å². The lowest BCUT2D eigenvalue weighted by Crippen LogP contribution is -2.27. The van der Waals surface area contributed by atoms with E-state index in [0.29, 0.717) is 0 Å². The van der Waals surface area contributed by atoms with Gasteiger partial charge in [-0.1, -0.05) is 29.9 Å². The van der Waals surface area contributed by atoms with Crippen molar-refractivity contribution in [3.05, 3.63) is 35.5 Å². The summed E-state index contributed by atoms with van der Waals surface area (Å²) in [6.45, 7) is 4.87. The second-order valence-electron chi connectivity index (χ2n) is 6.12. The minimum Gasteiger partial charge on any atom is -0.300 e. The van der Waals surface area contributed by atoms with Crippen molar-refractivity contribution in [2.75, 3.05) is 13.1 Å². The van der Waals surface area contributed by atoms with Crippen molar-refractivity contribution in [3.63, 3.8) is 0 Å². The number of hydrogen-bond acceptors (Lipinski definition) is 1. The van der Waals surface area contributed by atoms with Crippen molar-refractivity contribution in [3.8, 4) is 0 Å². The summed E-state index contributed by atoms with van der Waals surface area (Å²) in [4.78, 5) is 2.74. The normalized spacial score (nSPS) is 30.4.